The fraction of sp³-hybridized carbons (Fsp3) is 0.188. The average Bonchev–Trinajstić information content (AvgIpc) is 2.43. The van der Waals surface area contributed by atoms with Gasteiger partial charge in [0.25, 0.3) is 5.91 Å². The second-order valence-corrected chi connectivity index (χ2v) is 5.05. The quantitative estimate of drug-likeness (QED) is 0.655. The van der Waals surface area contributed by atoms with Gasteiger partial charge in [-0.15, -0.1) is 0 Å². The molecule has 4 heteroatoms. The first kappa shape index (κ1) is 14.4. The number of carbonyl (C=O) groups excluding carboxylic acids is 1. The van der Waals surface area contributed by atoms with Crippen LogP contribution in [0.2, 0.25) is 5.02 Å². The second-order valence-electron chi connectivity index (χ2n) is 4.62. The molecular formula is C16H17ClN2O. The maximum Gasteiger partial charge on any atom is 0.251 e. The summed E-state index contributed by atoms with van der Waals surface area (Å²) in [5.74, 6) is -0.146. The van der Waals surface area contributed by atoms with Crippen LogP contribution < -0.4 is 11.1 Å². The van der Waals surface area contributed by atoms with Crippen molar-refractivity contribution in [2.24, 2.45) is 0 Å². The largest absolute Gasteiger partial charge is 0.399 e. The number of nitrogens with one attached hydrogen (secondary N) is 1. The number of hydrogen-bond donors (Lipinski definition) is 2. The van der Waals surface area contributed by atoms with Crippen LogP contribution >= 0.6 is 11.6 Å². The number of rotatable bonds is 5. The van der Waals surface area contributed by atoms with Crippen molar-refractivity contribution < 1.29 is 4.79 Å². The van der Waals surface area contributed by atoms with E-state index in [-0.39, 0.29) is 5.91 Å². The van der Waals surface area contributed by atoms with E-state index in [4.69, 9.17) is 17.3 Å². The molecule has 0 unspecified atom stereocenters. The molecule has 20 heavy (non-hydrogen) atoms. The van der Waals surface area contributed by atoms with Gasteiger partial charge >= 0.3 is 0 Å². The Morgan fingerprint density at radius 3 is 2.60 bits per heavy atom. The molecule has 0 heterocycles. The van der Waals surface area contributed by atoms with Crippen molar-refractivity contribution in [3.05, 3.63) is 64.7 Å². The van der Waals surface area contributed by atoms with E-state index in [0.717, 1.165) is 12.8 Å². The van der Waals surface area contributed by atoms with Gasteiger partial charge < -0.3 is 11.1 Å². The summed E-state index contributed by atoms with van der Waals surface area (Å²) in [7, 11) is 0. The van der Waals surface area contributed by atoms with E-state index in [1.54, 1.807) is 18.2 Å². The lowest BCUT2D eigenvalue weighted by atomic mass is 10.1. The molecule has 0 radical (unpaired) electrons. The molecule has 0 spiro atoms. The van der Waals surface area contributed by atoms with Crippen molar-refractivity contribution in [3.63, 3.8) is 0 Å². The van der Waals surface area contributed by atoms with Crippen LogP contribution in [0.4, 0.5) is 5.69 Å². The predicted molar refractivity (Wildman–Crippen MR) is 83.0 cm³/mol. The third kappa shape index (κ3) is 4.28. The predicted octanol–water partition coefficient (Wildman–Crippen LogP) is 3.28. The Kier molecular flexibility index (Phi) is 5.02. The molecule has 3 nitrogen and oxygen atoms in total. The number of amides is 1. The molecule has 2 aromatic carbocycles. The third-order valence-corrected chi connectivity index (χ3v) is 3.17. The zero-order chi connectivity index (χ0) is 14.4. The molecule has 0 fully saturated rings. The Morgan fingerprint density at radius 1 is 1.15 bits per heavy atom. The van der Waals surface area contributed by atoms with Gasteiger partial charge in [-0.1, -0.05) is 41.9 Å². The Balaban J connectivity index is 1.80. The summed E-state index contributed by atoms with van der Waals surface area (Å²) in [4.78, 5) is 11.9. The SMILES string of the molecule is Nc1cc(Cl)cc(C(=O)NCCCc2ccccc2)c1. The maximum atomic E-state index is 11.9. The normalized spacial score (nSPS) is 10.2. The molecule has 0 aliphatic rings. The van der Waals surface area contributed by atoms with Crippen LogP contribution in [-0.4, -0.2) is 12.5 Å². The molecule has 1 amide bonds. The molecule has 104 valence electrons. The van der Waals surface area contributed by atoms with Crippen molar-refractivity contribution in [2.75, 3.05) is 12.3 Å². The van der Waals surface area contributed by atoms with E-state index in [1.807, 2.05) is 18.2 Å². The highest BCUT2D eigenvalue weighted by atomic mass is 35.5. The van der Waals surface area contributed by atoms with Gasteiger partial charge in [-0.3, -0.25) is 4.79 Å². The lowest BCUT2D eigenvalue weighted by molar-refractivity contribution is 0.0953. The van der Waals surface area contributed by atoms with E-state index in [2.05, 4.69) is 17.4 Å². The average molecular weight is 289 g/mol. The Bertz CT molecular complexity index is 564. The highest BCUT2D eigenvalue weighted by Gasteiger charge is 2.06. The van der Waals surface area contributed by atoms with Crippen molar-refractivity contribution >= 4 is 23.2 Å². The van der Waals surface area contributed by atoms with Crippen LogP contribution in [0.1, 0.15) is 22.3 Å². The molecule has 2 rings (SSSR count). The topological polar surface area (TPSA) is 55.1 Å². The first-order chi connectivity index (χ1) is 9.65. The van der Waals surface area contributed by atoms with Crippen molar-refractivity contribution in [1.82, 2.24) is 5.32 Å². The molecule has 0 aliphatic heterocycles. The van der Waals surface area contributed by atoms with Crippen LogP contribution in [-0.2, 0) is 6.42 Å². The van der Waals surface area contributed by atoms with Gasteiger partial charge in [0.1, 0.15) is 0 Å². The zero-order valence-electron chi connectivity index (χ0n) is 11.1. The molecule has 0 saturated heterocycles. The van der Waals surface area contributed by atoms with Gasteiger partial charge in [0, 0.05) is 22.8 Å². The summed E-state index contributed by atoms with van der Waals surface area (Å²) in [5, 5.41) is 3.34. The molecular weight excluding hydrogens is 272 g/mol. The molecule has 0 saturated carbocycles. The highest BCUT2D eigenvalue weighted by molar-refractivity contribution is 6.31. The number of aryl methyl sites for hydroxylation is 1. The molecule has 0 aliphatic carbocycles. The van der Waals surface area contributed by atoms with Gasteiger partial charge in [-0.25, -0.2) is 0 Å². The monoisotopic (exact) mass is 288 g/mol. The van der Waals surface area contributed by atoms with Crippen LogP contribution in [0.3, 0.4) is 0 Å². The molecule has 2 aromatic rings. The standard InChI is InChI=1S/C16H17ClN2O/c17-14-9-13(10-15(18)11-14)16(20)19-8-4-7-12-5-2-1-3-6-12/h1-3,5-6,9-11H,4,7-8,18H2,(H,19,20). The summed E-state index contributed by atoms with van der Waals surface area (Å²) < 4.78 is 0. The third-order valence-electron chi connectivity index (χ3n) is 2.95. The van der Waals surface area contributed by atoms with Crippen molar-refractivity contribution in [3.8, 4) is 0 Å². The number of nitrogens with two attached hydrogens (primary N) is 1. The molecule has 3 N–H and O–H groups in total. The summed E-state index contributed by atoms with van der Waals surface area (Å²) in [6, 6.07) is 15.1. The summed E-state index contributed by atoms with van der Waals surface area (Å²) >= 11 is 5.88. The fourth-order valence-electron chi connectivity index (χ4n) is 1.98. The molecule has 0 aromatic heterocycles. The van der Waals surface area contributed by atoms with Crippen molar-refractivity contribution in [2.45, 2.75) is 12.8 Å². The van der Waals surface area contributed by atoms with Crippen molar-refractivity contribution in [1.29, 1.82) is 0 Å². The smallest absolute Gasteiger partial charge is 0.251 e. The van der Waals surface area contributed by atoms with E-state index < -0.39 is 0 Å². The summed E-state index contributed by atoms with van der Waals surface area (Å²) in [6.07, 6.45) is 1.84. The minimum absolute atomic E-state index is 0.146. The first-order valence-corrected chi connectivity index (χ1v) is 6.91. The lowest BCUT2D eigenvalue weighted by Crippen LogP contribution is -2.24. The number of benzene rings is 2. The molecule has 0 bridgehead atoms. The van der Waals surface area contributed by atoms with Crippen LogP contribution in [0.5, 0.6) is 0 Å². The number of anilines is 1. The van der Waals surface area contributed by atoms with E-state index in [9.17, 15) is 4.79 Å². The van der Waals surface area contributed by atoms with Gasteiger partial charge in [0.05, 0.1) is 0 Å². The second kappa shape index (κ2) is 6.96. The van der Waals surface area contributed by atoms with E-state index in [0.29, 0.717) is 22.8 Å². The van der Waals surface area contributed by atoms with E-state index in [1.165, 1.54) is 5.56 Å². The van der Waals surface area contributed by atoms with Crippen LogP contribution in [0.25, 0.3) is 0 Å². The minimum atomic E-state index is -0.146. The van der Waals surface area contributed by atoms with E-state index >= 15 is 0 Å². The van der Waals surface area contributed by atoms with Gasteiger partial charge in [-0.2, -0.15) is 0 Å². The Labute approximate surface area is 123 Å². The number of nitrogen functional groups attached to an aromatic ring is 1. The van der Waals surface area contributed by atoms with Gasteiger partial charge in [-0.05, 0) is 36.6 Å². The Morgan fingerprint density at radius 2 is 1.90 bits per heavy atom. The summed E-state index contributed by atoms with van der Waals surface area (Å²) in [6.45, 7) is 0.625. The lowest BCUT2D eigenvalue weighted by Gasteiger charge is -2.06. The van der Waals surface area contributed by atoms with Crippen LogP contribution in [0.15, 0.2) is 48.5 Å². The molecule has 0 atom stereocenters. The minimum Gasteiger partial charge on any atom is -0.399 e. The van der Waals surface area contributed by atoms with Gasteiger partial charge in [0.15, 0.2) is 0 Å². The Hall–Kier alpha value is -2.00. The highest BCUT2D eigenvalue weighted by Crippen LogP contribution is 2.16. The number of carbonyl (C=O) groups is 1. The number of halogens is 1. The zero-order valence-corrected chi connectivity index (χ0v) is 11.9. The van der Waals surface area contributed by atoms with Crippen LogP contribution in [0, 0.1) is 0 Å². The first-order valence-electron chi connectivity index (χ1n) is 6.53. The fourth-order valence-corrected chi connectivity index (χ4v) is 2.23. The maximum absolute atomic E-state index is 11.9. The van der Waals surface area contributed by atoms with Gasteiger partial charge in [0.2, 0.25) is 0 Å². The number of hydrogen-bond acceptors (Lipinski definition) is 2. The summed E-state index contributed by atoms with van der Waals surface area (Å²) in [5.41, 5.74) is 7.92.